The third kappa shape index (κ3) is 13.7. The molecule has 4 amide bonds. The quantitative estimate of drug-likeness (QED) is 0.120. The van der Waals surface area contributed by atoms with Crippen molar-refractivity contribution in [2.75, 3.05) is 0 Å². The molecule has 45 heavy (non-hydrogen) atoms. The van der Waals surface area contributed by atoms with Gasteiger partial charge in [0.05, 0.1) is 0 Å². The average molecular weight is 643 g/mol. The van der Waals surface area contributed by atoms with Crippen LogP contribution in [0.15, 0.2) is 30.3 Å². The van der Waals surface area contributed by atoms with Crippen molar-refractivity contribution in [1.82, 2.24) is 21.3 Å². The summed E-state index contributed by atoms with van der Waals surface area (Å²) in [6.07, 6.45) is -5.30. The van der Waals surface area contributed by atoms with Crippen LogP contribution in [0, 0.1) is 11.8 Å². The predicted octanol–water partition coefficient (Wildman–Crippen LogP) is 1.61. The number of aliphatic carboxylic acids is 2. The van der Waals surface area contributed by atoms with Gasteiger partial charge >= 0.3 is 18.0 Å². The number of carbonyl (C=O) groups excluding carboxylic acids is 5. The van der Waals surface area contributed by atoms with Crippen molar-refractivity contribution < 1.29 is 57.3 Å². The molecule has 0 aliphatic carbocycles. The number of carboxylic acid groups (broad SMARTS) is 2. The Morgan fingerprint density at radius 2 is 1.38 bits per heavy atom. The number of ether oxygens (including phenoxy) is 1. The second kappa shape index (κ2) is 18.9. The average Bonchev–Trinajstić information content (AvgIpc) is 2.98. The minimum Gasteiger partial charge on any atom is -0.481 e. The highest BCUT2D eigenvalue weighted by Crippen LogP contribution is 2.12. The predicted molar refractivity (Wildman–Crippen MR) is 154 cm³/mol. The monoisotopic (exact) mass is 642 g/mol. The highest BCUT2D eigenvalue weighted by atomic mass is 19.3. The summed E-state index contributed by atoms with van der Waals surface area (Å²) in [7, 11) is 0. The summed E-state index contributed by atoms with van der Waals surface area (Å²) >= 11 is 0. The van der Waals surface area contributed by atoms with Crippen molar-refractivity contribution in [1.29, 1.82) is 0 Å². The number of rotatable bonds is 19. The highest BCUT2D eigenvalue weighted by Gasteiger charge is 2.37. The molecule has 0 saturated heterocycles. The Morgan fingerprint density at radius 3 is 1.89 bits per heavy atom. The number of carbonyl (C=O) groups is 7. The van der Waals surface area contributed by atoms with E-state index in [-0.39, 0.29) is 18.9 Å². The van der Waals surface area contributed by atoms with Gasteiger partial charge in [0, 0.05) is 6.42 Å². The summed E-state index contributed by atoms with van der Waals surface area (Å²) in [5.41, 5.74) is 0.690. The summed E-state index contributed by atoms with van der Waals surface area (Å²) < 4.78 is 31.9. The fourth-order valence-corrected chi connectivity index (χ4v) is 4.00. The largest absolute Gasteiger partial charge is 0.481 e. The lowest BCUT2D eigenvalue weighted by Gasteiger charge is -2.28. The number of alkyl halides is 2. The van der Waals surface area contributed by atoms with E-state index < -0.39 is 90.9 Å². The third-order valence-electron chi connectivity index (χ3n) is 6.64. The molecule has 16 heteroatoms. The second-order valence-corrected chi connectivity index (χ2v) is 10.7. The SMILES string of the molecule is CC[C@H](C)[C@H](NC(=O)OCc1ccccc1)C(=O)N[C@@H](CCC(=O)O)C(=O)N[C@@H](CC(C)C)C(=O)NC(C(=O)C(=O)O)C(F)F. The molecule has 250 valence electrons. The molecule has 5 atom stereocenters. The minimum absolute atomic E-state index is 0.0884. The second-order valence-electron chi connectivity index (χ2n) is 10.7. The maximum absolute atomic E-state index is 13.4. The summed E-state index contributed by atoms with van der Waals surface area (Å²) in [4.78, 5) is 85.8. The Morgan fingerprint density at radius 1 is 0.800 bits per heavy atom. The maximum Gasteiger partial charge on any atom is 0.408 e. The molecule has 1 aromatic carbocycles. The van der Waals surface area contributed by atoms with E-state index in [4.69, 9.17) is 9.84 Å². The zero-order chi connectivity index (χ0) is 34.3. The van der Waals surface area contributed by atoms with Crippen molar-refractivity contribution in [3.8, 4) is 0 Å². The fraction of sp³-hybridized carbons (Fsp3) is 0.552. The first kappa shape index (κ1) is 38.4. The smallest absolute Gasteiger partial charge is 0.408 e. The van der Waals surface area contributed by atoms with Gasteiger partial charge in [-0.1, -0.05) is 64.4 Å². The minimum atomic E-state index is -3.57. The number of halogens is 2. The number of nitrogens with one attached hydrogen (secondary N) is 4. The topological polar surface area (TPSA) is 217 Å². The van der Waals surface area contributed by atoms with Crippen LogP contribution < -0.4 is 21.3 Å². The van der Waals surface area contributed by atoms with Crippen LogP contribution in [0.3, 0.4) is 0 Å². The van der Waals surface area contributed by atoms with Gasteiger partial charge in [-0.25, -0.2) is 18.4 Å². The lowest BCUT2D eigenvalue weighted by atomic mass is 9.97. The zero-order valence-corrected chi connectivity index (χ0v) is 25.4. The summed E-state index contributed by atoms with van der Waals surface area (Å²) in [6, 6.07) is 1.69. The van der Waals surface area contributed by atoms with Crippen LogP contribution in [0.2, 0.25) is 0 Å². The van der Waals surface area contributed by atoms with Gasteiger partial charge in [0.1, 0.15) is 24.7 Å². The van der Waals surface area contributed by atoms with Crippen molar-refractivity contribution >= 4 is 41.5 Å². The number of ketones is 1. The molecular weight excluding hydrogens is 602 g/mol. The molecule has 0 radical (unpaired) electrons. The fourth-order valence-electron chi connectivity index (χ4n) is 4.00. The van der Waals surface area contributed by atoms with E-state index in [2.05, 4.69) is 16.0 Å². The number of hydrogen-bond donors (Lipinski definition) is 6. The number of alkyl carbamates (subject to hydrolysis) is 1. The van der Waals surface area contributed by atoms with E-state index in [9.17, 15) is 47.4 Å². The van der Waals surface area contributed by atoms with Gasteiger partial charge in [-0.05, 0) is 30.2 Å². The number of hydrogen-bond acceptors (Lipinski definition) is 8. The molecule has 0 spiro atoms. The molecule has 1 unspecified atom stereocenters. The van der Waals surface area contributed by atoms with Gasteiger partial charge in [-0.2, -0.15) is 0 Å². The Kier molecular flexibility index (Phi) is 16.1. The number of carboxylic acids is 2. The van der Waals surface area contributed by atoms with E-state index in [0.717, 1.165) is 0 Å². The molecule has 0 aliphatic heterocycles. The Balaban J connectivity index is 3.15. The molecule has 0 fully saturated rings. The Hall–Kier alpha value is -4.63. The molecule has 0 bridgehead atoms. The third-order valence-corrected chi connectivity index (χ3v) is 6.64. The molecule has 14 nitrogen and oxygen atoms in total. The van der Waals surface area contributed by atoms with Crippen LogP contribution in [0.4, 0.5) is 13.6 Å². The van der Waals surface area contributed by atoms with E-state index in [1.54, 1.807) is 63.3 Å². The number of amides is 4. The summed E-state index contributed by atoms with van der Waals surface area (Å²) in [5.74, 6) is -9.49. The molecular formula is C29H40F2N4O10. The molecule has 0 heterocycles. The van der Waals surface area contributed by atoms with Crippen LogP contribution in [0.5, 0.6) is 0 Å². The van der Waals surface area contributed by atoms with Crippen LogP contribution in [0.1, 0.15) is 58.9 Å². The van der Waals surface area contributed by atoms with Crippen molar-refractivity contribution in [3.05, 3.63) is 35.9 Å². The Bertz CT molecular complexity index is 1200. The van der Waals surface area contributed by atoms with E-state index in [1.165, 1.54) is 0 Å². The van der Waals surface area contributed by atoms with Gasteiger partial charge in [0.2, 0.25) is 17.7 Å². The van der Waals surface area contributed by atoms with Gasteiger partial charge < -0.3 is 36.2 Å². The first-order valence-electron chi connectivity index (χ1n) is 14.2. The van der Waals surface area contributed by atoms with Crippen LogP contribution in [-0.2, 0) is 40.1 Å². The van der Waals surface area contributed by atoms with E-state index in [1.807, 2.05) is 0 Å². The van der Waals surface area contributed by atoms with Crippen molar-refractivity contribution in [2.24, 2.45) is 11.8 Å². The highest BCUT2D eigenvalue weighted by molar-refractivity contribution is 6.35. The van der Waals surface area contributed by atoms with E-state index >= 15 is 0 Å². The van der Waals surface area contributed by atoms with Gasteiger partial charge in [0.15, 0.2) is 6.04 Å². The first-order chi connectivity index (χ1) is 21.1. The molecule has 1 aromatic rings. The van der Waals surface area contributed by atoms with Crippen molar-refractivity contribution in [2.45, 2.75) is 90.6 Å². The van der Waals surface area contributed by atoms with E-state index in [0.29, 0.717) is 12.0 Å². The van der Waals surface area contributed by atoms with Crippen molar-refractivity contribution in [3.63, 3.8) is 0 Å². The zero-order valence-electron chi connectivity index (χ0n) is 25.4. The molecule has 0 saturated carbocycles. The standard InChI is InChI=1S/C29H40F2N4O10/c1-5-16(4)21(35-29(44)45-14-17-9-7-6-8-10-17)27(41)32-18(11-12-20(36)37)25(39)33-19(13-15(2)3)26(40)34-22(24(30)31)23(38)28(42)43/h6-10,15-16,18-19,21-22,24H,5,11-14H2,1-4H3,(H,32,41)(H,33,39)(H,34,40)(H,35,44)(H,36,37)(H,42,43)/t16-,18-,19-,21-,22?/m0/s1. The molecule has 1 rings (SSSR count). The molecule has 0 aliphatic rings. The van der Waals surface area contributed by atoms with Crippen LogP contribution >= 0.6 is 0 Å². The van der Waals surface area contributed by atoms with Gasteiger partial charge in [-0.3, -0.25) is 24.0 Å². The molecule has 6 N–H and O–H groups in total. The number of Topliss-reactive ketones (excluding diaryl/α,β-unsaturated/α-hetero) is 1. The lowest BCUT2D eigenvalue weighted by Crippen LogP contribution is -2.59. The van der Waals surface area contributed by atoms with Crippen LogP contribution in [0.25, 0.3) is 0 Å². The van der Waals surface area contributed by atoms with Gasteiger partial charge in [-0.15, -0.1) is 0 Å². The Labute approximate surface area is 258 Å². The maximum atomic E-state index is 13.4. The lowest BCUT2D eigenvalue weighted by molar-refractivity contribution is -0.152. The molecule has 0 aromatic heterocycles. The first-order valence-corrected chi connectivity index (χ1v) is 14.2. The summed E-state index contributed by atoms with van der Waals surface area (Å²) in [5, 5.41) is 26.8. The summed E-state index contributed by atoms with van der Waals surface area (Å²) in [6.45, 7) is 6.56. The normalized spacial score (nSPS) is 14.3. The van der Waals surface area contributed by atoms with Gasteiger partial charge in [0.25, 0.3) is 12.2 Å². The number of benzene rings is 1. The van der Waals surface area contributed by atoms with Crippen LogP contribution in [-0.4, -0.2) is 82.3 Å².